The monoisotopic (exact) mass is 239 g/mol. The van der Waals surface area contributed by atoms with E-state index in [1.807, 2.05) is 0 Å². The topological polar surface area (TPSA) is 50.9 Å². The van der Waals surface area contributed by atoms with E-state index in [0.29, 0.717) is 5.56 Å². The van der Waals surface area contributed by atoms with E-state index < -0.39 is 17.7 Å². The highest BCUT2D eigenvalue weighted by atomic mass is 19.1. The molecule has 17 heavy (non-hydrogen) atoms. The zero-order valence-electron chi connectivity index (χ0n) is 9.35. The third-order valence-corrected chi connectivity index (χ3v) is 2.43. The highest BCUT2D eigenvalue weighted by molar-refractivity contribution is 5.38. The number of halogens is 2. The molecule has 90 valence electrons. The summed E-state index contributed by atoms with van der Waals surface area (Å²) in [5.74, 6) is -1.41. The van der Waals surface area contributed by atoms with Crippen molar-refractivity contribution >= 4 is 0 Å². The first kappa shape index (κ1) is 11.7. The lowest BCUT2D eigenvalue weighted by atomic mass is 10.2. The Labute approximate surface area is 96.5 Å². The van der Waals surface area contributed by atoms with Crippen LogP contribution in [0.4, 0.5) is 8.78 Å². The van der Waals surface area contributed by atoms with Gasteiger partial charge in [0.2, 0.25) is 0 Å². The molecule has 1 unspecified atom stereocenters. The van der Waals surface area contributed by atoms with E-state index in [-0.39, 0.29) is 11.4 Å². The molecule has 0 bridgehead atoms. The highest BCUT2D eigenvalue weighted by Gasteiger charge is 2.16. The van der Waals surface area contributed by atoms with Crippen molar-refractivity contribution in [3.63, 3.8) is 0 Å². The molecule has 1 atom stereocenters. The molecule has 0 aliphatic rings. The summed E-state index contributed by atoms with van der Waals surface area (Å²) < 4.78 is 28.3. The molecule has 1 heterocycles. The molecule has 6 heteroatoms. The van der Waals surface area contributed by atoms with Gasteiger partial charge in [-0.15, -0.1) is 5.10 Å². The molecule has 0 aliphatic heterocycles. The summed E-state index contributed by atoms with van der Waals surface area (Å²) in [7, 11) is 0. The van der Waals surface area contributed by atoms with Crippen LogP contribution in [-0.4, -0.2) is 20.1 Å². The number of aromatic nitrogens is 3. The molecule has 1 aromatic carbocycles. The molecule has 0 saturated heterocycles. The van der Waals surface area contributed by atoms with Gasteiger partial charge in [-0.3, -0.25) is 0 Å². The largest absolute Gasteiger partial charge is 0.387 e. The van der Waals surface area contributed by atoms with Gasteiger partial charge in [-0.1, -0.05) is 11.3 Å². The van der Waals surface area contributed by atoms with Crippen molar-refractivity contribution in [1.29, 1.82) is 0 Å². The van der Waals surface area contributed by atoms with Gasteiger partial charge < -0.3 is 5.11 Å². The maximum absolute atomic E-state index is 13.8. The fourth-order valence-electron chi connectivity index (χ4n) is 1.43. The predicted molar refractivity (Wildman–Crippen MR) is 56.6 cm³/mol. The highest BCUT2D eigenvalue weighted by Crippen LogP contribution is 2.20. The lowest BCUT2D eigenvalue weighted by Crippen LogP contribution is -2.04. The number of aliphatic hydroxyl groups excluding tert-OH is 1. The number of aryl methyl sites for hydroxylation is 1. The molecular weight excluding hydrogens is 228 g/mol. The average Bonchev–Trinajstić information content (AvgIpc) is 2.73. The van der Waals surface area contributed by atoms with E-state index in [0.717, 1.165) is 10.7 Å². The Balaban J connectivity index is 2.56. The molecule has 0 amide bonds. The Morgan fingerprint density at radius 2 is 2.06 bits per heavy atom. The van der Waals surface area contributed by atoms with Crippen LogP contribution in [-0.2, 0) is 0 Å². The van der Waals surface area contributed by atoms with Crippen LogP contribution in [0, 0.1) is 18.6 Å². The Hall–Kier alpha value is -1.82. The SMILES string of the molecule is Cc1ccc(F)c(-n2cc(C(C)O)nn2)c1F. The lowest BCUT2D eigenvalue weighted by molar-refractivity contribution is 0.194. The molecule has 0 aliphatic carbocycles. The van der Waals surface area contributed by atoms with Gasteiger partial charge in [-0.25, -0.2) is 13.5 Å². The number of nitrogens with zero attached hydrogens (tertiary/aromatic N) is 3. The Bertz CT molecular complexity index is 552. The molecule has 0 spiro atoms. The predicted octanol–water partition coefficient (Wildman–Crippen LogP) is 1.91. The Morgan fingerprint density at radius 1 is 1.35 bits per heavy atom. The summed E-state index contributed by atoms with van der Waals surface area (Å²) in [6, 6.07) is 2.51. The third kappa shape index (κ3) is 2.03. The summed E-state index contributed by atoms with van der Waals surface area (Å²) in [6.45, 7) is 3.03. The van der Waals surface area contributed by atoms with Crippen LogP contribution < -0.4 is 0 Å². The molecule has 0 fully saturated rings. The second-order valence-electron chi connectivity index (χ2n) is 3.79. The molecule has 0 saturated carbocycles. The van der Waals surface area contributed by atoms with Crippen LogP contribution in [0.2, 0.25) is 0 Å². The summed E-state index contributed by atoms with van der Waals surface area (Å²) in [5, 5.41) is 16.5. The van der Waals surface area contributed by atoms with Crippen LogP contribution in [0.1, 0.15) is 24.3 Å². The van der Waals surface area contributed by atoms with E-state index in [4.69, 9.17) is 0 Å². The minimum Gasteiger partial charge on any atom is -0.387 e. The summed E-state index contributed by atoms with van der Waals surface area (Å²) in [5.41, 5.74) is 0.283. The maximum atomic E-state index is 13.8. The smallest absolute Gasteiger partial charge is 0.154 e. The lowest BCUT2D eigenvalue weighted by Gasteiger charge is -2.05. The van der Waals surface area contributed by atoms with Crippen LogP contribution in [0.5, 0.6) is 0 Å². The van der Waals surface area contributed by atoms with E-state index in [9.17, 15) is 13.9 Å². The summed E-state index contributed by atoms with van der Waals surface area (Å²) >= 11 is 0. The Kier molecular flexibility index (Phi) is 2.89. The minimum absolute atomic E-state index is 0.255. The average molecular weight is 239 g/mol. The third-order valence-electron chi connectivity index (χ3n) is 2.43. The fraction of sp³-hybridized carbons (Fsp3) is 0.273. The molecule has 2 rings (SSSR count). The van der Waals surface area contributed by atoms with Gasteiger partial charge in [0.15, 0.2) is 11.6 Å². The second kappa shape index (κ2) is 4.21. The first-order valence-corrected chi connectivity index (χ1v) is 5.06. The number of hydrogen-bond acceptors (Lipinski definition) is 3. The van der Waals surface area contributed by atoms with Crippen LogP contribution in [0.15, 0.2) is 18.3 Å². The van der Waals surface area contributed by atoms with Crippen molar-refractivity contribution in [2.45, 2.75) is 20.0 Å². The molecule has 0 radical (unpaired) electrons. The molecule has 1 N–H and O–H groups in total. The summed E-state index contributed by atoms with van der Waals surface area (Å²) in [6.07, 6.45) is 0.464. The fourth-order valence-corrected chi connectivity index (χ4v) is 1.43. The quantitative estimate of drug-likeness (QED) is 0.870. The van der Waals surface area contributed by atoms with Crippen LogP contribution >= 0.6 is 0 Å². The number of benzene rings is 1. The Morgan fingerprint density at radius 3 is 2.65 bits per heavy atom. The number of aliphatic hydroxyl groups is 1. The molecule has 2 aromatic rings. The van der Waals surface area contributed by atoms with Crippen LogP contribution in [0.25, 0.3) is 5.69 Å². The molecule has 4 nitrogen and oxygen atoms in total. The first-order chi connectivity index (χ1) is 8.00. The van der Waals surface area contributed by atoms with Crippen LogP contribution in [0.3, 0.4) is 0 Å². The summed E-state index contributed by atoms with van der Waals surface area (Å²) in [4.78, 5) is 0. The normalized spacial score (nSPS) is 12.8. The van der Waals surface area contributed by atoms with Crippen molar-refractivity contribution < 1.29 is 13.9 Å². The molecular formula is C11H11F2N3O. The number of hydrogen-bond donors (Lipinski definition) is 1. The van der Waals surface area contributed by atoms with E-state index in [1.54, 1.807) is 0 Å². The standard InChI is InChI=1S/C11H11F2N3O/c1-6-3-4-8(12)11(10(6)13)16-5-9(7(2)17)14-15-16/h3-5,7,17H,1-2H3. The first-order valence-electron chi connectivity index (χ1n) is 5.06. The van der Waals surface area contributed by atoms with Gasteiger partial charge in [-0.05, 0) is 25.5 Å². The zero-order valence-corrected chi connectivity index (χ0v) is 9.35. The van der Waals surface area contributed by atoms with E-state index in [1.165, 1.54) is 26.1 Å². The zero-order chi connectivity index (χ0) is 12.6. The number of rotatable bonds is 2. The van der Waals surface area contributed by atoms with Gasteiger partial charge in [0.1, 0.15) is 11.4 Å². The van der Waals surface area contributed by atoms with Crippen molar-refractivity contribution in [2.75, 3.05) is 0 Å². The van der Waals surface area contributed by atoms with Crippen molar-refractivity contribution in [3.8, 4) is 5.69 Å². The van der Waals surface area contributed by atoms with Gasteiger partial charge in [0, 0.05) is 0 Å². The minimum atomic E-state index is -0.834. The maximum Gasteiger partial charge on any atom is 0.154 e. The van der Waals surface area contributed by atoms with Crippen molar-refractivity contribution in [2.24, 2.45) is 0 Å². The van der Waals surface area contributed by atoms with Gasteiger partial charge in [0.05, 0.1) is 12.3 Å². The van der Waals surface area contributed by atoms with Gasteiger partial charge in [-0.2, -0.15) is 0 Å². The van der Waals surface area contributed by atoms with Gasteiger partial charge >= 0.3 is 0 Å². The van der Waals surface area contributed by atoms with E-state index >= 15 is 0 Å². The van der Waals surface area contributed by atoms with E-state index in [2.05, 4.69) is 10.3 Å². The van der Waals surface area contributed by atoms with Crippen molar-refractivity contribution in [3.05, 3.63) is 41.2 Å². The van der Waals surface area contributed by atoms with Crippen molar-refractivity contribution in [1.82, 2.24) is 15.0 Å². The molecule has 1 aromatic heterocycles. The second-order valence-corrected chi connectivity index (χ2v) is 3.79. The van der Waals surface area contributed by atoms with Gasteiger partial charge in [0.25, 0.3) is 0 Å².